The first-order valence-electron chi connectivity index (χ1n) is 8.05. The number of rotatable bonds is 4. The lowest BCUT2D eigenvalue weighted by atomic mass is 9.95. The highest BCUT2D eigenvalue weighted by Gasteiger charge is 2.63. The molecule has 1 aliphatic heterocycles. The molecule has 0 aliphatic carbocycles. The van der Waals surface area contributed by atoms with Gasteiger partial charge in [0.25, 0.3) is 17.7 Å². The van der Waals surface area contributed by atoms with Gasteiger partial charge in [-0.3, -0.25) is 24.2 Å². The Balaban J connectivity index is 2.65. The van der Waals surface area contributed by atoms with Crippen molar-refractivity contribution in [1.82, 2.24) is 9.80 Å². The predicted molar refractivity (Wildman–Crippen MR) is 89.0 cm³/mol. The van der Waals surface area contributed by atoms with Crippen LogP contribution in [0.2, 0.25) is 0 Å². The van der Waals surface area contributed by atoms with Crippen LogP contribution < -0.4 is 10.5 Å². The molecule has 8 nitrogen and oxygen atoms in total. The second-order valence-corrected chi connectivity index (χ2v) is 6.56. The Labute approximate surface area is 158 Å². The number of nitrogens with zero attached hydrogens (tertiary/aromatic N) is 2. The van der Waals surface area contributed by atoms with E-state index in [2.05, 4.69) is 0 Å². The van der Waals surface area contributed by atoms with E-state index in [4.69, 9.17) is 10.5 Å². The Morgan fingerprint density at radius 1 is 1.11 bits per heavy atom. The minimum Gasteiger partial charge on any atom is -0.459 e. The molecule has 0 saturated carbocycles. The number of ether oxygens (including phenoxy) is 1. The summed E-state index contributed by atoms with van der Waals surface area (Å²) < 4.78 is 44.5. The lowest BCUT2D eigenvalue weighted by Gasteiger charge is -2.39. The highest BCUT2D eigenvalue weighted by Crippen LogP contribution is 2.37. The third-order valence-electron chi connectivity index (χ3n) is 4.35. The molecule has 0 atom stereocenters. The van der Waals surface area contributed by atoms with E-state index in [1.807, 2.05) is 0 Å². The molecule has 0 spiro atoms. The fourth-order valence-corrected chi connectivity index (χ4v) is 2.74. The summed E-state index contributed by atoms with van der Waals surface area (Å²) in [4.78, 5) is 50.2. The van der Waals surface area contributed by atoms with Gasteiger partial charge in [-0.05, 0) is 29.7 Å². The van der Waals surface area contributed by atoms with Crippen molar-refractivity contribution in [1.29, 1.82) is 0 Å². The van der Waals surface area contributed by atoms with Crippen LogP contribution in [0.5, 0.6) is 5.75 Å². The summed E-state index contributed by atoms with van der Waals surface area (Å²) in [5.41, 5.74) is 1.39. The van der Waals surface area contributed by atoms with E-state index in [1.165, 1.54) is 0 Å². The summed E-state index contributed by atoms with van der Waals surface area (Å²) in [7, 11) is 2.04. The topological polar surface area (TPSA) is 110 Å². The van der Waals surface area contributed by atoms with Crippen LogP contribution in [-0.2, 0) is 20.6 Å². The maximum absolute atomic E-state index is 13.0. The van der Waals surface area contributed by atoms with Gasteiger partial charge in [0.15, 0.2) is 0 Å². The van der Waals surface area contributed by atoms with Crippen LogP contribution in [0.4, 0.5) is 18.0 Å². The summed E-state index contributed by atoms with van der Waals surface area (Å²) >= 11 is 0. The van der Waals surface area contributed by atoms with E-state index in [0.717, 1.165) is 26.2 Å². The van der Waals surface area contributed by atoms with Crippen LogP contribution in [0.25, 0.3) is 0 Å². The van der Waals surface area contributed by atoms with Gasteiger partial charge in [0, 0.05) is 14.1 Å². The number of hydrogen-bond acceptors (Lipinski definition) is 5. The first-order chi connectivity index (χ1) is 12.7. The molecule has 1 heterocycles. The molecule has 1 aliphatic rings. The van der Waals surface area contributed by atoms with E-state index in [1.54, 1.807) is 13.8 Å². The first kappa shape index (κ1) is 21.2. The summed E-state index contributed by atoms with van der Waals surface area (Å²) in [6.07, 6.45) is -4.63. The van der Waals surface area contributed by atoms with Crippen molar-refractivity contribution in [2.45, 2.75) is 31.5 Å². The Bertz CT molecular complexity index is 842. The molecule has 1 saturated heterocycles. The van der Waals surface area contributed by atoms with Crippen molar-refractivity contribution in [2.24, 2.45) is 5.73 Å². The molecule has 28 heavy (non-hydrogen) atoms. The monoisotopic (exact) mass is 401 g/mol. The van der Waals surface area contributed by atoms with Gasteiger partial charge in [0.2, 0.25) is 0 Å². The quantitative estimate of drug-likeness (QED) is 0.769. The molecule has 152 valence electrons. The second kappa shape index (κ2) is 6.80. The van der Waals surface area contributed by atoms with Gasteiger partial charge in [-0.15, -0.1) is 0 Å². The van der Waals surface area contributed by atoms with Gasteiger partial charge in [-0.25, -0.2) is 4.79 Å². The molecule has 0 unspecified atom stereocenters. The highest BCUT2D eigenvalue weighted by atomic mass is 19.4. The number of hydrogen-bond donors (Lipinski definition) is 1. The van der Waals surface area contributed by atoms with E-state index in [-0.39, 0.29) is 11.3 Å². The van der Waals surface area contributed by atoms with E-state index < -0.39 is 47.0 Å². The number of amides is 5. The van der Waals surface area contributed by atoms with Gasteiger partial charge in [-0.1, -0.05) is 13.8 Å². The first-order valence-corrected chi connectivity index (χ1v) is 8.05. The molecular formula is C17H18F3N3O5. The lowest BCUT2D eigenvalue weighted by Crippen LogP contribution is -2.74. The van der Waals surface area contributed by atoms with Crippen LogP contribution in [-0.4, -0.2) is 53.2 Å². The number of alkyl halides is 3. The fraction of sp³-hybridized carbons (Fsp3) is 0.412. The number of nitrogens with two attached hydrogens (primary N) is 1. The Morgan fingerprint density at radius 2 is 1.61 bits per heavy atom. The van der Waals surface area contributed by atoms with Crippen LogP contribution in [0.15, 0.2) is 18.2 Å². The van der Waals surface area contributed by atoms with Gasteiger partial charge in [-0.2, -0.15) is 13.2 Å². The molecule has 2 N–H and O–H groups in total. The number of likely N-dealkylation sites (N-methyl/N-ethyl adjacent to an activating group) is 2. The zero-order chi connectivity index (χ0) is 21.6. The maximum atomic E-state index is 13.0. The number of imide groups is 2. The van der Waals surface area contributed by atoms with Crippen molar-refractivity contribution >= 4 is 23.8 Å². The third kappa shape index (κ3) is 3.16. The summed E-state index contributed by atoms with van der Waals surface area (Å²) in [5.74, 6) is -4.98. The molecule has 0 bridgehead atoms. The number of benzene rings is 1. The molecule has 11 heteroatoms. The van der Waals surface area contributed by atoms with Crippen molar-refractivity contribution in [2.75, 3.05) is 14.1 Å². The fourth-order valence-electron chi connectivity index (χ4n) is 2.74. The summed E-state index contributed by atoms with van der Waals surface area (Å²) in [6, 6.07) is 1.38. The van der Waals surface area contributed by atoms with Crippen LogP contribution >= 0.6 is 0 Å². The normalized spacial score (nSPS) is 17.4. The zero-order valence-electron chi connectivity index (χ0n) is 15.5. The molecule has 2 rings (SSSR count). The predicted octanol–water partition coefficient (Wildman–Crippen LogP) is 1.48. The average Bonchev–Trinajstić information content (AvgIpc) is 2.60. The van der Waals surface area contributed by atoms with Gasteiger partial charge >= 0.3 is 17.8 Å². The average molecular weight is 401 g/mol. The highest BCUT2D eigenvalue weighted by molar-refractivity contribution is 6.33. The lowest BCUT2D eigenvalue weighted by molar-refractivity contribution is -0.168. The Morgan fingerprint density at radius 3 is 2.00 bits per heavy atom. The van der Waals surface area contributed by atoms with E-state index >= 15 is 0 Å². The minimum absolute atomic E-state index is 0.00161. The van der Waals surface area contributed by atoms with Gasteiger partial charge in [0.1, 0.15) is 5.75 Å². The van der Waals surface area contributed by atoms with Crippen LogP contribution in [0.1, 0.15) is 30.9 Å². The van der Waals surface area contributed by atoms with E-state index in [9.17, 15) is 32.3 Å². The molecule has 1 fully saturated rings. The van der Waals surface area contributed by atoms with Crippen molar-refractivity contribution in [3.05, 3.63) is 29.3 Å². The Hall–Kier alpha value is -3.11. The SMILES string of the molecule is CC(C)c1cc(C(F)(F)F)ccc1OC1(C(N)=O)C(=O)N(C)C(=O)N(C)C1=O. The standard InChI is InChI=1S/C17H18F3N3O5/c1-8(2)10-7-9(17(18,19)20)5-6-11(10)28-16(12(21)24)13(25)22(3)15(27)23(4)14(16)26/h5-8H,1-4H3,(H2,21,24). The molecule has 1 aromatic carbocycles. The number of carbonyl (C=O) groups is 4. The molecule has 5 amide bonds. The van der Waals surface area contributed by atoms with Gasteiger partial charge < -0.3 is 10.5 Å². The van der Waals surface area contributed by atoms with Crippen molar-refractivity contribution < 1.29 is 37.1 Å². The smallest absolute Gasteiger partial charge is 0.416 e. The second-order valence-electron chi connectivity index (χ2n) is 6.56. The molecular weight excluding hydrogens is 383 g/mol. The van der Waals surface area contributed by atoms with Crippen molar-refractivity contribution in [3.63, 3.8) is 0 Å². The number of halogens is 3. The largest absolute Gasteiger partial charge is 0.459 e. The van der Waals surface area contributed by atoms with Gasteiger partial charge in [0.05, 0.1) is 5.56 Å². The van der Waals surface area contributed by atoms with Crippen LogP contribution in [0.3, 0.4) is 0 Å². The third-order valence-corrected chi connectivity index (χ3v) is 4.35. The number of primary amides is 1. The zero-order valence-corrected chi connectivity index (χ0v) is 15.5. The van der Waals surface area contributed by atoms with Crippen LogP contribution in [0, 0.1) is 0 Å². The number of barbiturate groups is 1. The number of carbonyl (C=O) groups excluding carboxylic acids is 4. The number of urea groups is 1. The van der Waals surface area contributed by atoms with E-state index in [0.29, 0.717) is 15.9 Å². The molecule has 0 radical (unpaired) electrons. The maximum Gasteiger partial charge on any atom is 0.416 e. The van der Waals surface area contributed by atoms with Crippen molar-refractivity contribution in [3.8, 4) is 5.75 Å². The Kier molecular flexibility index (Phi) is 5.15. The molecule has 0 aromatic heterocycles. The summed E-state index contributed by atoms with van der Waals surface area (Å²) in [5, 5.41) is 0. The molecule has 1 aromatic rings. The summed E-state index contributed by atoms with van der Waals surface area (Å²) in [6.45, 7) is 3.12. The minimum atomic E-state index is -4.63.